The van der Waals surface area contributed by atoms with E-state index in [4.69, 9.17) is 21.4 Å². The van der Waals surface area contributed by atoms with Crippen molar-refractivity contribution in [2.75, 3.05) is 6.61 Å². The molecule has 0 radical (unpaired) electrons. The largest absolute Gasteiger partial charge is 0.486 e. The van der Waals surface area contributed by atoms with Gasteiger partial charge < -0.3 is 15.2 Å². The number of aliphatic carboxylic acids is 1. The van der Waals surface area contributed by atoms with Gasteiger partial charge in [0.15, 0.2) is 5.75 Å². The van der Waals surface area contributed by atoms with Crippen molar-refractivity contribution in [3.63, 3.8) is 0 Å². The van der Waals surface area contributed by atoms with Crippen molar-refractivity contribution in [2.45, 2.75) is 38.6 Å². The van der Waals surface area contributed by atoms with Crippen LogP contribution in [0.25, 0.3) is 0 Å². The van der Waals surface area contributed by atoms with Crippen molar-refractivity contribution >= 4 is 29.2 Å². The van der Waals surface area contributed by atoms with E-state index in [1.807, 2.05) is 0 Å². The van der Waals surface area contributed by atoms with Gasteiger partial charge in [-0.2, -0.15) is 0 Å². The van der Waals surface area contributed by atoms with Crippen molar-refractivity contribution < 1.29 is 24.4 Å². The lowest BCUT2D eigenvalue weighted by molar-refractivity contribution is -0.385. The molecule has 0 aliphatic heterocycles. The predicted octanol–water partition coefficient (Wildman–Crippen LogP) is 2.78. The lowest BCUT2D eigenvalue weighted by Crippen LogP contribution is -2.44. The first-order valence-electron chi connectivity index (χ1n) is 7.20. The van der Waals surface area contributed by atoms with Crippen LogP contribution in [0.3, 0.4) is 0 Å². The van der Waals surface area contributed by atoms with E-state index >= 15 is 0 Å². The van der Waals surface area contributed by atoms with Crippen molar-refractivity contribution in [3.05, 3.63) is 33.3 Å². The number of benzene rings is 1. The molecule has 1 aromatic rings. The van der Waals surface area contributed by atoms with Crippen LogP contribution >= 0.6 is 11.6 Å². The fourth-order valence-electron chi connectivity index (χ4n) is 1.93. The van der Waals surface area contributed by atoms with E-state index in [-0.39, 0.29) is 48.2 Å². The van der Waals surface area contributed by atoms with E-state index in [1.165, 1.54) is 18.2 Å². The second-order valence-electron chi connectivity index (χ2n) is 5.79. The highest BCUT2D eigenvalue weighted by Gasteiger charge is 2.22. The second kappa shape index (κ2) is 8.49. The molecule has 0 unspecified atom stereocenters. The number of nitro groups is 1. The highest BCUT2D eigenvalue weighted by molar-refractivity contribution is 6.30. The maximum atomic E-state index is 11.9. The van der Waals surface area contributed by atoms with E-state index in [0.717, 1.165) is 0 Å². The summed E-state index contributed by atoms with van der Waals surface area (Å²) in [6.45, 7) is 3.39. The minimum atomic E-state index is -0.935. The number of carbonyl (C=O) groups excluding carboxylic acids is 1. The van der Waals surface area contributed by atoms with Crippen LogP contribution in [-0.4, -0.2) is 34.1 Å². The van der Waals surface area contributed by atoms with Crippen LogP contribution < -0.4 is 10.1 Å². The van der Waals surface area contributed by atoms with E-state index in [9.17, 15) is 19.7 Å². The first kappa shape index (κ1) is 19.7. The van der Waals surface area contributed by atoms with Gasteiger partial charge >= 0.3 is 11.7 Å². The van der Waals surface area contributed by atoms with E-state index < -0.39 is 16.4 Å². The van der Waals surface area contributed by atoms with Crippen LogP contribution in [0.15, 0.2) is 18.2 Å². The maximum Gasteiger partial charge on any atom is 0.312 e. The maximum absolute atomic E-state index is 11.9. The number of carboxylic acids is 1. The number of nitrogens with one attached hydrogen (secondary N) is 1. The molecule has 0 aliphatic rings. The Morgan fingerprint density at radius 3 is 2.62 bits per heavy atom. The Bertz CT molecular complexity index is 632. The molecule has 0 atom stereocenters. The summed E-state index contributed by atoms with van der Waals surface area (Å²) in [4.78, 5) is 32.8. The lowest BCUT2D eigenvalue weighted by atomic mass is 9.98. The molecule has 8 nitrogen and oxygen atoms in total. The average molecular weight is 359 g/mol. The molecule has 132 valence electrons. The normalized spacial score (nSPS) is 11.0. The standard InChI is InChI=1S/C15H19ClN2O6/c1-15(2,7-5-14(20)21)17-13(19)6-8-24-12-4-3-10(16)9-11(12)18(22)23/h3-4,9H,5-8H2,1-2H3,(H,17,19)(H,20,21). The zero-order valence-electron chi connectivity index (χ0n) is 13.4. The van der Waals surface area contributed by atoms with Gasteiger partial charge in [-0.25, -0.2) is 0 Å². The van der Waals surface area contributed by atoms with Gasteiger partial charge in [-0.1, -0.05) is 11.6 Å². The molecule has 0 saturated heterocycles. The van der Waals surface area contributed by atoms with Crippen LogP contribution in [0, 0.1) is 10.1 Å². The highest BCUT2D eigenvalue weighted by atomic mass is 35.5. The smallest absolute Gasteiger partial charge is 0.312 e. The topological polar surface area (TPSA) is 119 Å². The molecule has 0 fully saturated rings. The number of rotatable bonds is 9. The van der Waals surface area contributed by atoms with Crippen molar-refractivity contribution in [3.8, 4) is 5.75 Å². The molecule has 0 aliphatic carbocycles. The van der Waals surface area contributed by atoms with Crippen LogP contribution in [0.4, 0.5) is 5.69 Å². The van der Waals surface area contributed by atoms with Crippen molar-refractivity contribution in [2.24, 2.45) is 0 Å². The molecular weight excluding hydrogens is 340 g/mol. The number of hydrogen-bond donors (Lipinski definition) is 2. The molecule has 9 heteroatoms. The molecule has 1 rings (SSSR count). The molecular formula is C15H19ClN2O6. The summed E-state index contributed by atoms with van der Waals surface area (Å²) in [5.74, 6) is -1.24. The van der Waals surface area contributed by atoms with Gasteiger partial charge in [-0.3, -0.25) is 19.7 Å². The molecule has 0 heterocycles. The summed E-state index contributed by atoms with van der Waals surface area (Å²) in [7, 11) is 0. The van der Waals surface area contributed by atoms with Gasteiger partial charge in [0.1, 0.15) is 0 Å². The fraction of sp³-hybridized carbons (Fsp3) is 0.467. The van der Waals surface area contributed by atoms with Gasteiger partial charge in [0, 0.05) is 23.0 Å². The monoisotopic (exact) mass is 358 g/mol. The van der Waals surface area contributed by atoms with Crippen molar-refractivity contribution in [1.82, 2.24) is 5.32 Å². The van der Waals surface area contributed by atoms with E-state index in [0.29, 0.717) is 0 Å². The quantitative estimate of drug-likeness (QED) is 0.517. The van der Waals surface area contributed by atoms with Crippen LogP contribution in [0.2, 0.25) is 5.02 Å². The Balaban J connectivity index is 2.51. The molecule has 0 saturated carbocycles. The first-order valence-corrected chi connectivity index (χ1v) is 7.58. The van der Waals surface area contributed by atoms with Crippen LogP contribution in [0.5, 0.6) is 5.75 Å². The summed E-state index contributed by atoms with van der Waals surface area (Å²) < 4.78 is 5.28. The lowest BCUT2D eigenvalue weighted by Gasteiger charge is -2.25. The van der Waals surface area contributed by atoms with E-state index in [1.54, 1.807) is 13.8 Å². The van der Waals surface area contributed by atoms with Gasteiger partial charge in [0.05, 0.1) is 18.0 Å². The summed E-state index contributed by atoms with van der Waals surface area (Å²) >= 11 is 5.70. The van der Waals surface area contributed by atoms with Crippen LogP contribution in [-0.2, 0) is 9.59 Å². The molecule has 2 N–H and O–H groups in total. The third-order valence-electron chi connectivity index (χ3n) is 3.15. The summed E-state index contributed by atoms with van der Waals surface area (Å²) in [6, 6.07) is 4.00. The van der Waals surface area contributed by atoms with Gasteiger partial charge in [0.25, 0.3) is 0 Å². The SMILES string of the molecule is CC(C)(CCC(=O)O)NC(=O)CCOc1ccc(Cl)cc1[N+](=O)[O-]. The number of nitrogens with zero attached hydrogens (tertiary/aromatic N) is 1. The number of amides is 1. The van der Waals surface area contributed by atoms with Gasteiger partial charge in [-0.05, 0) is 32.4 Å². The van der Waals surface area contributed by atoms with Crippen molar-refractivity contribution in [1.29, 1.82) is 0 Å². The third kappa shape index (κ3) is 6.82. The number of carbonyl (C=O) groups is 2. The minimum Gasteiger partial charge on any atom is -0.486 e. The molecule has 1 amide bonds. The molecule has 24 heavy (non-hydrogen) atoms. The number of ether oxygens (including phenoxy) is 1. The van der Waals surface area contributed by atoms with Gasteiger partial charge in [-0.15, -0.1) is 0 Å². The predicted molar refractivity (Wildman–Crippen MR) is 87.3 cm³/mol. The summed E-state index contributed by atoms with van der Waals surface area (Å²) in [6.07, 6.45) is 0.217. The Labute approximate surface area is 143 Å². The molecule has 0 bridgehead atoms. The van der Waals surface area contributed by atoms with E-state index in [2.05, 4.69) is 5.32 Å². The average Bonchev–Trinajstić information content (AvgIpc) is 2.46. The molecule has 1 aromatic carbocycles. The second-order valence-corrected chi connectivity index (χ2v) is 6.23. The number of halogens is 1. The molecule has 0 spiro atoms. The highest BCUT2D eigenvalue weighted by Crippen LogP contribution is 2.29. The Hall–Kier alpha value is -2.35. The fourth-order valence-corrected chi connectivity index (χ4v) is 2.10. The summed E-state index contributed by atoms with van der Waals surface area (Å²) in [5.41, 5.74) is -0.938. The van der Waals surface area contributed by atoms with Gasteiger partial charge in [0.2, 0.25) is 5.91 Å². The Morgan fingerprint density at radius 2 is 2.04 bits per heavy atom. The number of hydrogen-bond acceptors (Lipinski definition) is 5. The molecule has 0 aromatic heterocycles. The number of nitro benzene ring substituents is 1. The van der Waals surface area contributed by atoms with Crippen LogP contribution in [0.1, 0.15) is 33.1 Å². The minimum absolute atomic E-state index is 0.0176. The number of carboxylic acid groups (broad SMARTS) is 1. The first-order chi connectivity index (χ1) is 11.1. The third-order valence-corrected chi connectivity index (χ3v) is 3.38. The Morgan fingerprint density at radius 1 is 1.38 bits per heavy atom. The zero-order chi connectivity index (χ0) is 18.3. The Kier molecular flexibility index (Phi) is 6.97. The zero-order valence-corrected chi connectivity index (χ0v) is 14.1. The summed E-state index contributed by atoms with van der Waals surface area (Å²) in [5, 5.41) is 22.5.